The van der Waals surface area contributed by atoms with Crippen molar-refractivity contribution in [3.8, 4) is 0 Å². The van der Waals surface area contributed by atoms with E-state index in [4.69, 9.17) is 0 Å². The summed E-state index contributed by atoms with van der Waals surface area (Å²) in [5.74, 6) is 0. The van der Waals surface area contributed by atoms with Crippen LogP contribution < -0.4 is 0 Å². The van der Waals surface area contributed by atoms with E-state index in [0.717, 1.165) is 36.6 Å². The van der Waals surface area contributed by atoms with E-state index in [1.807, 2.05) is 6.07 Å². The van der Waals surface area contributed by atoms with Crippen molar-refractivity contribution in [1.29, 1.82) is 0 Å². The van der Waals surface area contributed by atoms with Crippen LogP contribution in [0.5, 0.6) is 0 Å². The fourth-order valence-corrected chi connectivity index (χ4v) is 2.16. The summed E-state index contributed by atoms with van der Waals surface area (Å²) < 4.78 is 1.13. The average Bonchev–Trinajstić information content (AvgIpc) is 2.18. The number of hydrogen-bond donors (Lipinski definition) is 1. The first kappa shape index (κ1) is 12.7. The molecule has 1 atom stereocenters. The van der Waals surface area contributed by atoms with Crippen LogP contribution in [-0.2, 0) is 6.42 Å². The molecule has 0 fully saturated rings. The number of aliphatic hydroxyl groups is 1. The van der Waals surface area contributed by atoms with Crippen LogP contribution in [-0.4, -0.2) is 11.2 Å². The molecule has 0 heterocycles. The van der Waals surface area contributed by atoms with Crippen LogP contribution in [0.15, 0.2) is 28.7 Å². The number of hydrogen-bond acceptors (Lipinski definition) is 1. The molecule has 0 aliphatic heterocycles. The molecule has 15 heavy (non-hydrogen) atoms. The lowest BCUT2D eigenvalue weighted by atomic mass is 10.0. The van der Waals surface area contributed by atoms with E-state index >= 15 is 0 Å². The first-order valence-electron chi connectivity index (χ1n) is 5.65. The predicted molar refractivity (Wildman–Crippen MR) is 68.0 cm³/mol. The van der Waals surface area contributed by atoms with E-state index in [0.29, 0.717) is 0 Å². The summed E-state index contributed by atoms with van der Waals surface area (Å²) in [6.07, 6.45) is 4.93. The molecule has 1 unspecified atom stereocenters. The molecule has 1 aromatic carbocycles. The van der Waals surface area contributed by atoms with Gasteiger partial charge in [0.1, 0.15) is 0 Å². The van der Waals surface area contributed by atoms with Crippen LogP contribution >= 0.6 is 15.9 Å². The highest BCUT2D eigenvalue weighted by molar-refractivity contribution is 9.10. The minimum Gasteiger partial charge on any atom is -0.393 e. The quantitative estimate of drug-likeness (QED) is 0.831. The fourth-order valence-electron chi connectivity index (χ4n) is 1.71. The third-order valence-corrected chi connectivity index (χ3v) is 3.01. The zero-order chi connectivity index (χ0) is 11.1. The molecule has 2 heteroatoms. The van der Waals surface area contributed by atoms with Crippen molar-refractivity contribution in [3.63, 3.8) is 0 Å². The minimum atomic E-state index is -0.109. The van der Waals surface area contributed by atoms with E-state index in [2.05, 4.69) is 41.1 Å². The second-order valence-corrected chi connectivity index (χ2v) is 4.88. The molecule has 1 aromatic rings. The van der Waals surface area contributed by atoms with Crippen LogP contribution in [0.4, 0.5) is 0 Å². The maximum atomic E-state index is 9.57. The van der Waals surface area contributed by atoms with Gasteiger partial charge in [0.25, 0.3) is 0 Å². The topological polar surface area (TPSA) is 20.2 Å². The highest BCUT2D eigenvalue weighted by atomic mass is 79.9. The lowest BCUT2D eigenvalue weighted by molar-refractivity contribution is 0.151. The zero-order valence-electron chi connectivity index (χ0n) is 9.25. The largest absolute Gasteiger partial charge is 0.393 e. The Bertz CT molecular complexity index is 286. The van der Waals surface area contributed by atoms with Gasteiger partial charge in [0.05, 0.1) is 6.10 Å². The maximum absolute atomic E-state index is 9.57. The van der Waals surface area contributed by atoms with E-state index in [9.17, 15) is 5.11 Å². The second kappa shape index (κ2) is 7.02. The first-order valence-corrected chi connectivity index (χ1v) is 6.44. The van der Waals surface area contributed by atoms with E-state index in [1.54, 1.807) is 0 Å². The van der Waals surface area contributed by atoms with Crippen molar-refractivity contribution in [2.45, 2.75) is 45.1 Å². The SMILES string of the molecule is CCCC(O)CCCc1cccc(Br)c1. The second-order valence-electron chi connectivity index (χ2n) is 3.96. The average molecular weight is 271 g/mol. The fraction of sp³-hybridized carbons (Fsp3) is 0.538. The molecule has 0 saturated heterocycles. The first-order chi connectivity index (χ1) is 7.22. The Morgan fingerprint density at radius 1 is 1.33 bits per heavy atom. The summed E-state index contributed by atoms with van der Waals surface area (Å²) in [6.45, 7) is 2.11. The van der Waals surface area contributed by atoms with Gasteiger partial charge in [-0.1, -0.05) is 41.4 Å². The summed E-state index contributed by atoms with van der Waals surface area (Å²) in [6, 6.07) is 8.38. The molecule has 1 rings (SSSR count). The van der Waals surface area contributed by atoms with Gasteiger partial charge in [-0.3, -0.25) is 0 Å². The Balaban J connectivity index is 2.25. The molecular formula is C13H19BrO. The van der Waals surface area contributed by atoms with Crippen molar-refractivity contribution in [2.75, 3.05) is 0 Å². The molecule has 1 nitrogen and oxygen atoms in total. The number of benzene rings is 1. The smallest absolute Gasteiger partial charge is 0.0540 e. The van der Waals surface area contributed by atoms with Gasteiger partial charge < -0.3 is 5.11 Å². The number of aryl methyl sites for hydroxylation is 1. The number of halogens is 1. The Morgan fingerprint density at radius 3 is 2.80 bits per heavy atom. The van der Waals surface area contributed by atoms with Crippen molar-refractivity contribution >= 4 is 15.9 Å². The standard InChI is InChI=1S/C13H19BrO/c1-2-5-13(15)9-4-7-11-6-3-8-12(14)10-11/h3,6,8,10,13,15H,2,4-5,7,9H2,1H3. The van der Waals surface area contributed by atoms with Gasteiger partial charge in [-0.25, -0.2) is 0 Å². The molecule has 0 bridgehead atoms. The Kier molecular flexibility index (Phi) is 5.96. The lowest BCUT2D eigenvalue weighted by Crippen LogP contribution is -2.05. The molecule has 0 aliphatic rings. The minimum absolute atomic E-state index is 0.109. The van der Waals surface area contributed by atoms with Gasteiger partial charge >= 0.3 is 0 Å². The lowest BCUT2D eigenvalue weighted by Gasteiger charge is -2.08. The van der Waals surface area contributed by atoms with Gasteiger partial charge in [-0.15, -0.1) is 0 Å². The normalized spacial score (nSPS) is 12.7. The molecule has 0 saturated carbocycles. The van der Waals surface area contributed by atoms with Gasteiger partial charge in [0.15, 0.2) is 0 Å². The van der Waals surface area contributed by atoms with E-state index in [-0.39, 0.29) is 6.10 Å². The molecular weight excluding hydrogens is 252 g/mol. The van der Waals surface area contributed by atoms with Gasteiger partial charge in [-0.05, 0) is 43.4 Å². The van der Waals surface area contributed by atoms with E-state index < -0.39 is 0 Å². The van der Waals surface area contributed by atoms with Gasteiger partial charge in [-0.2, -0.15) is 0 Å². The number of rotatable bonds is 6. The van der Waals surface area contributed by atoms with Crippen LogP contribution in [0.3, 0.4) is 0 Å². The third-order valence-electron chi connectivity index (χ3n) is 2.51. The highest BCUT2D eigenvalue weighted by Crippen LogP contribution is 2.14. The highest BCUT2D eigenvalue weighted by Gasteiger charge is 2.02. The molecule has 1 N–H and O–H groups in total. The van der Waals surface area contributed by atoms with Crippen LogP contribution in [0.1, 0.15) is 38.2 Å². The van der Waals surface area contributed by atoms with Crippen molar-refractivity contribution < 1.29 is 5.11 Å². The molecule has 0 spiro atoms. The van der Waals surface area contributed by atoms with Crippen molar-refractivity contribution in [1.82, 2.24) is 0 Å². The van der Waals surface area contributed by atoms with E-state index in [1.165, 1.54) is 5.56 Å². The number of aliphatic hydroxyl groups excluding tert-OH is 1. The van der Waals surface area contributed by atoms with Crippen LogP contribution in [0, 0.1) is 0 Å². The Labute approximate surface area is 101 Å². The molecule has 0 radical (unpaired) electrons. The Hall–Kier alpha value is -0.340. The monoisotopic (exact) mass is 270 g/mol. The molecule has 0 aliphatic carbocycles. The summed E-state index contributed by atoms with van der Waals surface area (Å²) in [4.78, 5) is 0. The van der Waals surface area contributed by atoms with Crippen LogP contribution in [0.25, 0.3) is 0 Å². The maximum Gasteiger partial charge on any atom is 0.0540 e. The predicted octanol–water partition coefficient (Wildman–Crippen LogP) is 3.93. The molecule has 84 valence electrons. The summed E-state index contributed by atoms with van der Waals surface area (Å²) in [5.41, 5.74) is 1.34. The third kappa shape index (κ3) is 5.33. The van der Waals surface area contributed by atoms with Crippen LogP contribution in [0.2, 0.25) is 0 Å². The van der Waals surface area contributed by atoms with Crippen molar-refractivity contribution in [2.24, 2.45) is 0 Å². The van der Waals surface area contributed by atoms with Crippen molar-refractivity contribution in [3.05, 3.63) is 34.3 Å². The van der Waals surface area contributed by atoms with Gasteiger partial charge in [0, 0.05) is 4.47 Å². The zero-order valence-corrected chi connectivity index (χ0v) is 10.8. The molecule has 0 aromatic heterocycles. The Morgan fingerprint density at radius 2 is 2.13 bits per heavy atom. The summed E-state index contributed by atoms with van der Waals surface area (Å²) in [5, 5.41) is 9.57. The summed E-state index contributed by atoms with van der Waals surface area (Å²) in [7, 11) is 0. The molecule has 0 amide bonds. The summed E-state index contributed by atoms with van der Waals surface area (Å²) >= 11 is 3.46. The van der Waals surface area contributed by atoms with Gasteiger partial charge in [0.2, 0.25) is 0 Å².